The Morgan fingerprint density at radius 3 is 2.57 bits per heavy atom. The minimum Gasteiger partial charge on any atom is -0.349 e. The average Bonchev–Trinajstić information content (AvgIpc) is 2.87. The molecule has 0 bridgehead atoms. The molecule has 0 spiro atoms. The summed E-state index contributed by atoms with van der Waals surface area (Å²) in [5.41, 5.74) is 0.865. The Hall–Kier alpha value is -1.89. The van der Waals surface area contributed by atoms with Crippen LogP contribution in [0.15, 0.2) is 29.4 Å². The lowest BCUT2D eigenvalue weighted by atomic mass is 10.1. The lowest BCUT2D eigenvalue weighted by Crippen LogP contribution is -2.33. The molecule has 1 N–H and O–H groups in total. The molecule has 2 aromatic rings. The van der Waals surface area contributed by atoms with E-state index in [-0.39, 0.29) is 23.0 Å². The van der Waals surface area contributed by atoms with Crippen LogP contribution in [0.5, 0.6) is 0 Å². The maximum absolute atomic E-state index is 13.0. The van der Waals surface area contributed by atoms with Gasteiger partial charge in [-0.3, -0.25) is 4.79 Å². The quantitative estimate of drug-likeness (QED) is 0.824. The van der Waals surface area contributed by atoms with E-state index in [4.69, 9.17) is 0 Å². The zero-order chi connectivity index (χ0) is 17.0. The Bertz CT molecular complexity index is 671. The second-order valence-electron chi connectivity index (χ2n) is 5.32. The van der Waals surface area contributed by atoms with Crippen molar-refractivity contribution in [1.29, 1.82) is 0 Å². The molecule has 0 saturated heterocycles. The molecule has 2 rings (SSSR count). The first kappa shape index (κ1) is 17.5. The summed E-state index contributed by atoms with van der Waals surface area (Å²) in [6.07, 6.45) is 0. The summed E-state index contributed by atoms with van der Waals surface area (Å²) in [6.45, 7) is 8.38. The van der Waals surface area contributed by atoms with Crippen LogP contribution in [-0.2, 0) is 11.3 Å². The number of aryl methyl sites for hydroxylation is 1. The second-order valence-corrected chi connectivity index (χ2v) is 6.62. The van der Waals surface area contributed by atoms with Crippen LogP contribution in [0.4, 0.5) is 4.39 Å². The molecule has 0 radical (unpaired) electrons. The number of carbonyl (C=O) groups excluding carboxylic acids is 1. The van der Waals surface area contributed by atoms with Gasteiger partial charge in [-0.2, -0.15) is 0 Å². The highest BCUT2D eigenvalue weighted by molar-refractivity contribution is 8.00. The number of aromatic nitrogens is 3. The number of nitrogens with zero attached hydrogens (tertiary/aromatic N) is 3. The van der Waals surface area contributed by atoms with E-state index >= 15 is 0 Å². The van der Waals surface area contributed by atoms with Crippen LogP contribution >= 0.6 is 11.8 Å². The highest BCUT2D eigenvalue weighted by Crippen LogP contribution is 2.23. The van der Waals surface area contributed by atoms with Gasteiger partial charge in [0.2, 0.25) is 5.91 Å². The number of thioether (sulfide) groups is 1. The molecule has 2 atom stereocenters. The summed E-state index contributed by atoms with van der Waals surface area (Å²) in [7, 11) is 0. The molecule has 0 aliphatic rings. The highest BCUT2D eigenvalue weighted by Gasteiger charge is 2.20. The van der Waals surface area contributed by atoms with Crippen molar-refractivity contribution in [2.45, 2.75) is 50.7 Å². The normalized spacial score (nSPS) is 13.6. The highest BCUT2D eigenvalue weighted by atomic mass is 32.2. The minimum atomic E-state index is -0.299. The fourth-order valence-corrected chi connectivity index (χ4v) is 3.16. The summed E-state index contributed by atoms with van der Waals surface area (Å²) >= 11 is 1.38. The molecule has 0 fully saturated rings. The van der Waals surface area contributed by atoms with Gasteiger partial charge < -0.3 is 9.88 Å². The molecule has 2 unspecified atom stereocenters. The maximum atomic E-state index is 13.0. The van der Waals surface area contributed by atoms with Crippen LogP contribution in [0.1, 0.15) is 38.2 Å². The topological polar surface area (TPSA) is 59.8 Å². The van der Waals surface area contributed by atoms with Gasteiger partial charge in [0.1, 0.15) is 11.6 Å². The SMILES string of the molecule is CCn1c(C)nnc1SC(C)C(=O)NC(C)c1ccc(F)cc1. The molecule has 124 valence electrons. The molecular formula is C16H21FN4OS. The van der Waals surface area contributed by atoms with Crippen molar-refractivity contribution in [1.82, 2.24) is 20.1 Å². The predicted molar refractivity (Wildman–Crippen MR) is 88.7 cm³/mol. The summed E-state index contributed by atoms with van der Waals surface area (Å²) in [5, 5.41) is 11.5. The van der Waals surface area contributed by atoms with Gasteiger partial charge in [-0.05, 0) is 45.4 Å². The van der Waals surface area contributed by atoms with Crippen molar-refractivity contribution in [3.63, 3.8) is 0 Å². The van der Waals surface area contributed by atoms with E-state index in [0.717, 1.165) is 23.1 Å². The molecule has 0 aliphatic carbocycles. The molecule has 1 heterocycles. The summed E-state index contributed by atoms with van der Waals surface area (Å²) in [4.78, 5) is 12.3. The number of amides is 1. The molecule has 23 heavy (non-hydrogen) atoms. The molecule has 1 amide bonds. The lowest BCUT2D eigenvalue weighted by molar-refractivity contribution is -0.120. The Morgan fingerprint density at radius 2 is 1.96 bits per heavy atom. The van der Waals surface area contributed by atoms with Gasteiger partial charge in [-0.25, -0.2) is 4.39 Å². The third kappa shape index (κ3) is 4.31. The third-order valence-corrected chi connectivity index (χ3v) is 4.68. The van der Waals surface area contributed by atoms with Crippen LogP contribution in [0.2, 0.25) is 0 Å². The van der Waals surface area contributed by atoms with E-state index in [1.165, 1.54) is 23.9 Å². The fourth-order valence-electron chi connectivity index (χ4n) is 2.19. The molecule has 0 saturated carbocycles. The standard InChI is InChI=1S/C16H21FN4OS/c1-5-21-12(4)19-20-16(21)23-11(3)15(22)18-10(2)13-6-8-14(17)9-7-13/h6-11H,5H2,1-4H3,(H,18,22). The second kappa shape index (κ2) is 7.59. The number of carbonyl (C=O) groups is 1. The van der Waals surface area contributed by atoms with Crippen molar-refractivity contribution in [3.05, 3.63) is 41.5 Å². The fraction of sp³-hybridized carbons (Fsp3) is 0.438. The predicted octanol–water partition coefficient (Wildman–Crippen LogP) is 3.10. The van der Waals surface area contributed by atoms with Crippen LogP contribution in [0.3, 0.4) is 0 Å². The van der Waals surface area contributed by atoms with Gasteiger partial charge in [-0.1, -0.05) is 23.9 Å². The molecule has 1 aromatic carbocycles. The van der Waals surface area contributed by atoms with Crippen molar-refractivity contribution < 1.29 is 9.18 Å². The van der Waals surface area contributed by atoms with E-state index in [0.29, 0.717) is 0 Å². The van der Waals surface area contributed by atoms with Crippen LogP contribution in [-0.4, -0.2) is 25.9 Å². The molecular weight excluding hydrogens is 315 g/mol. The molecule has 5 nitrogen and oxygen atoms in total. The number of hydrogen-bond donors (Lipinski definition) is 1. The minimum absolute atomic E-state index is 0.0878. The Balaban J connectivity index is 1.98. The molecule has 1 aromatic heterocycles. The third-order valence-electron chi connectivity index (χ3n) is 3.60. The summed E-state index contributed by atoms with van der Waals surface area (Å²) < 4.78 is 14.9. The first-order valence-electron chi connectivity index (χ1n) is 7.54. The van der Waals surface area contributed by atoms with E-state index < -0.39 is 0 Å². The van der Waals surface area contributed by atoms with Crippen molar-refractivity contribution in [2.24, 2.45) is 0 Å². The van der Waals surface area contributed by atoms with Crippen molar-refractivity contribution in [3.8, 4) is 0 Å². The number of halogens is 1. The summed E-state index contributed by atoms with van der Waals surface area (Å²) in [5.74, 6) is 0.461. The van der Waals surface area contributed by atoms with Gasteiger partial charge in [0, 0.05) is 6.54 Å². The zero-order valence-corrected chi connectivity index (χ0v) is 14.5. The maximum Gasteiger partial charge on any atom is 0.233 e. The van der Waals surface area contributed by atoms with E-state index in [9.17, 15) is 9.18 Å². The smallest absolute Gasteiger partial charge is 0.233 e. The lowest BCUT2D eigenvalue weighted by Gasteiger charge is -2.17. The number of benzene rings is 1. The monoisotopic (exact) mass is 336 g/mol. The van der Waals surface area contributed by atoms with Gasteiger partial charge in [0.05, 0.1) is 11.3 Å². The molecule has 7 heteroatoms. The zero-order valence-electron chi connectivity index (χ0n) is 13.7. The van der Waals surface area contributed by atoms with Crippen LogP contribution in [0, 0.1) is 12.7 Å². The van der Waals surface area contributed by atoms with Crippen molar-refractivity contribution in [2.75, 3.05) is 0 Å². The van der Waals surface area contributed by atoms with E-state index in [2.05, 4.69) is 15.5 Å². The van der Waals surface area contributed by atoms with E-state index in [1.807, 2.05) is 32.3 Å². The average molecular weight is 336 g/mol. The first-order chi connectivity index (χ1) is 10.9. The Kier molecular flexibility index (Phi) is 5.76. The van der Waals surface area contributed by atoms with Crippen molar-refractivity contribution >= 4 is 17.7 Å². The number of rotatable bonds is 6. The van der Waals surface area contributed by atoms with Gasteiger partial charge in [0.15, 0.2) is 5.16 Å². The summed E-state index contributed by atoms with van der Waals surface area (Å²) in [6, 6.07) is 5.95. The number of nitrogens with one attached hydrogen (secondary N) is 1. The van der Waals surface area contributed by atoms with Crippen LogP contribution in [0.25, 0.3) is 0 Å². The number of hydrogen-bond acceptors (Lipinski definition) is 4. The van der Waals surface area contributed by atoms with Gasteiger partial charge in [0.25, 0.3) is 0 Å². The molecule has 0 aliphatic heterocycles. The van der Waals surface area contributed by atoms with Gasteiger partial charge in [-0.15, -0.1) is 10.2 Å². The first-order valence-corrected chi connectivity index (χ1v) is 8.42. The van der Waals surface area contributed by atoms with Crippen LogP contribution < -0.4 is 5.32 Å². The Labute approximate surface area is 139 Å². The Morgan fingerprint density at radius 1 is 1.30 bits per heavy atom. The van der Waals surface area contributed by atoms with E-state index in [1.54, 1.807) is 12.1 Å². The van der Waals surface area contributed by atoms with Gasteiger partial charge >= 0.3 is 0 Å². The largest absolute Gasteiger partial charge is 0.349 e.